The van der Waals surface area contributed by atoms with Gasteiger partial charge in [-0.25, -0.2) is 14.4 Å². The Bertz CT molecular complexity index is 437. The number of anilines is 1. The van der Waals surface area contributed by atoms with Crippen molar-refractivity contribution in [2.24, 2.45) is 0 Å². The Balaban J connectivity index is 2.17. The van der Waals surface area contributed by atoms with E-state index in [-0.39, 0.29) is 17.8 Å². The van der Waals surface area contributed by atoms with Crippen molar-refractivity contribution in [3.05, 3.63) is 17.8 Å². The average Bonchev–Trinajstić information content (AvgIpc) is 2.64. The van der Waals surface area contributed by atoms with Crippen LogP contribution in [-0.2, 0) is 11.2 Å². The molecule has 0 aromatic carbocycles. The lowest BCUT2D eigenvalue weighted by molar-refractivity contribution is -0.127. The van der Waals surface area contributed by atoms with Crippen molar-refractivity contribution in [1.29, 1.82) is 0 Å². The molecule has 1 saturated heterocycles. The minimum atomic E-state index is -0.461. The molecular weight excluding hydrogens is 223 g/mol. The van der Waals surface area contributed by atoms with Crippen LogP contribution < -0.4 is 5.32 Å². The minimum Gasteiger partial charge on any atom is -0.356 e. The number of hydrogen-bond donors (Lipinski definition) is 1. The number of halogens is 1. The van der Waals surface area contributed by atoms with Crippen LogP contribution in [0.2, 0.25) is 0 Å². The Morgan fingerprint density at radius 2 is 2.35 bits per heavy atom. The zero-order valence-corrected chi connectivity index (χ0v) is 9.90. The van der Waals surface area contributed by atoms with E-state index >= 15 is 0 Å². The van der Waals surface area contributed by atoms with Gasteiger partial charge in [0.05, 0.1) is 5.69 Å². The summed E-state index contributed by atoms with van der Waals surface area (Å²) in [7, 11) is 1.73. The molecule has 1 amide bonds. The maximum atomic E-state index is 13.8. The SMILES string of the molecule is CCc1ncnc(NC2CCN(C)C2=O)c1F. The number of carbonyl (C=O) groups excluding carboxylic acids is 1. The Labute approximate surface area is 99.1 Å². The fourth-order valence-corrected chi connectivity index (χ4v) is 1.87. The van der Waals surface area contributed by atoms with E-state index in [0.29, 0.717) is 25.1 Å². The van der Waals surface area contributed by atoms with Gasteiger partial charge in [-0.1, -0.05) is 6.92 Å². The highest BCUT2D eigenvalue weighted by Gasteiger charge is 2.30. The zero-order valence-electron chi connectivity index (χ0n) is 9.90. The summed E-state index contributed by atoms with van der Waals surface area (Å²) in [6.45, 7) is 2.51. The first-order valence-electron chi connectivity index (χ1n) is 5.64. The minimum absolute atomic E-state index is 0.0268. The largest absolute Gasteiger partial charge is 0.356 e. The number of nitrogens with one attached hydrogen (secondary N) is 1. The van der Waals surface area contributed by atoms with Gasteiger partial charge in [0.25, 0.3) is 0 Å². The molecule has 6 heteroatoms. The highest BCUT2D eigenvalue weighted by atomic mass is 19.1. The molecular formula is C11H15FN4O. The predicted molar refractivity (Wildman–Crippen MR) is 61.0 cm³/mol. The maximum Gasteiger partial charge on any atom is 0.244 e. The molecule has 2 heterocycles. The molecule has 92 valence electrons. The second-order valence-electron chi connectivity index (χ2n) is 4.08. The van der Waals surface area contributed by atoms with Gasteiger partial charge >= 0.3 is 0 Å². The lowest BCUT2D eigenvalue weighted by Crippen LogP contribution is -2.31. The van der Waals surface area contributed by atoms with E-state index in [1.807, 2.05) is 6.92 Å². The number of rotatable bonds is 3. The van der Waals surface area contributed by atoms with Crippen molar-refractivity contribution < 1.29 is 9.18 Å². The Hall–Kier alpha value is -1.72. The summed E-state index contributed by atoms with van der Waals surface area (Å²) in [4.78, 5) is 21.0. The number of likely N-dealkylation sites (N-methyl/N-ethyl adjacent to an activating group) is 1. The quantitative estimate of drug-likeness (QED) is 0.847. The average molecular weight is 238 g/mol. The smallest absolute Gasteiger partial charge is 0.244 e. The van der Waals surface area contributed by atoms with E-state index in [4.69, 9.17) is 0 Å². The van der Waals surface area contributed by atoms with Gasteiger partial charge in [-0.2, -0.15) is 0 Å². The van der Waals surface area contributed by atoms with Crippen LogP contribution in [0.5, 0.6) is 0 Å². The van der Waals surface area contributed by atoms with E-state index < -0.39 is 5.82 Å². The van der Waals surface area contributed by atoms with E-state index in [1.54, 1.807) is 11.9 Å². The molecule has 5 nitrogen and oxygen atoms in total. The molecule has 0 bridgehead atoms. The highest BCUT2D eigenvalue weighted by molar-refractivity contribution is 5.86. The van der Waals surface area contributed by atoms with E-state index in [1.165, 1.54) is 6.33 Å². The van der Waals surface area contributed by atoms with Crippen molar-refractivity contribution in [3.8, 4) is 0 Å². The summed E-state index contributed by atoms with van der Waals surface area (Å²) in [6, 6.07) is -0.380. The van der Waals surface area contributed by atoms with Crippen molar-refractivity contribution in [1.82, 2.24) is 14.9 Å². The van der Waals surface area contributed by atoms with Crippen LogP contribution in [0.25, 0.3) is 0 Å². The van der Waals surface area contributed by atoms with Crippen molar-refractivity contribution in [3.63, 3.8) is 0 Å². The summed E-state index contributed by atoms with van der Waals surface area (Å²) < 4.78 is 13.8. The summed E-state index contributed by atoms with van der Waals surface area (Å²) in [5.74, 6) is -0.371. The molecule has 0 spiro atoms. The molecule has 17 heavy (non-hydrogen) atoms. The molecule has 2 rings (SSSR count). The fraction of sp³-hybridized carbons (Fsp3) is 0.545. The third-order valence-electron chi connectivity index (χ3n) is 2.94. The molecule has 1 atom stereocenters. The molecule has 1 aromatic heterocycles. The molecule has 1 aliphatic heterocycles. The molecule has 1 N–H and O–H groups in total. The van der Waals surface area contributed by atoms with Crippen LogP contribution in [0.4, 0.5) is 10.2 Å². The van der Waals surface area contributed by atoms with Gasteiger partial charge in [-0.05, 0) is 12.8 Å². The van der Waals surface area contributed by atoms with Gasteiger partial charge < -0.3 is 10.2 Å². The Kier molecular flexibility index (Phi) is 3.21. The van der Waals surface area contributed by atoms with E-state index in [0.717, 1.165) is 0 Å². The molecule has 1 fully saturated rings. The fourth-order valence-electron chi connectivity index (χ4n) is 1.87. The van der Waals surface area contributed by atoms with E-state index in [9.17, 15) is 9.18 Å². The van der Waals surface area contributed by atoms with Crippen LogP contribution in [0.15, 0.2) is 6.33 Å². The summed E-state index contributed by atoms with van der Waals surface area (Å²) in [5.41, 5.74) is 0.362. The van der Waals surface area contributed by atoms with Crippen LogP contribution in [-0.4, -0.2) is 40.4 Å². The van der Waals surface area contributed by atoms with Gasteiger partial charge in [0, 0.05) is 13.6 Å². The number of aromatic nitrogens is 2. The first-order chi connectivity index (χ1) is 8.13. The standard InChI is InChI=1S/C11H15FN4O/c1-3-7-9(12)10(14-6-13-7)15-8-4-5-16(2)11(8)17/h6,8H,3-5H2,1-2H3,(H,13,14,15). The van der Waals surface area contributed by atoms with Crippen LogP contribution in [0.1, 0.15) is 19.0 Å². The number of hydrogen-bond acceptors (Lipinski definition) is 4. The highest BCUT2D eigenvalue weighted by Crippen LogP contribution is 2.18. The normalized spacial score (nSPS) is 19.8. The van der Waals surface area contributed by atoms with Gasteiger partial charge in [0.15, 0.2) is 11.6 Å². The number of likely N-dealkylation sites (tertiary alicyclic amines) is 1. The third-order valence-corrected chi connectivity index (χ3v) is 2.94. The second-order valence-corrected chi connectivity index (χ2v) is 4.08. The van der Waals surface area contributed by atoms with Crippen molar-refractivity contribution >= 4 is 11.7 Å². The maximum absolute atomic E-state index is 13.8. The first kappa shape index (κ1) is 11.8. The molecule has 1 aromatic rings. The van der Waals surface area contributed by atoms with Gasteiger partial charge in [-0.15, -0.1) is 0 Å². The Morgan fingerprint density at radius 3 is 2.94 bits per heavy atom. The lowest BCUT2D eigenvalue weighted by atomic mass is 10.2. The summed E-state index contributed by atoms with van der Waals surface area (Å²) in [6.07, 6.45) is 2.48. The lowest BCUT2D eigenvalue weighted by Gasteiger charge is -2.13. The molecule has 0 aliphatic carbocycles. The zero-order chi connectivity index (χ0) is 12.4. The second kappa shape index (κ2) is 4.65. The monoisotopic (exact) mass is 238 g/mol. The molecule has 1 aliphatic rings. The van der Waals surface area contributed by atoms with Gasteiger partial charge in [0.1, 0.15) is 12.4 Å². The summed E-state index contributed by atoms with van der Waals surface area (Å²) >= 11 is 0. The summed E-state index contributed by atoms with van der Waals surface area (Å²) in [5, 5.41) is 2.85. The van der Waals surface area contributed by atoms with Gasteiger partial charge in [-0.3, -0.25) is 4.79 Å². The molecule has 0 radical (unpaired) electrons. The third kappa shape index (κ3) is 2.20. The molecule has 0 saturated carbocycles. The first-order valence-corrected chi connectivity index (χ1v) is 5.64. The van der Waals surface area contributed by atoms with Crippen molar-refractivity contribution in [2.75, 3.05) is 18.9 Å². The van der Waals surface area contributed by atoms with Crippen LogP contribution in [0, 0.1) is 5.82 Å². The Morgan fingerprint density at radius 1 is 1.59 bits per heavy atom. The van der Waals surface area contributed by atoms with Gasteiger partial charge in [0.2, 0.25) is 5.91 Å². The number of amides is 1. The van der Waals surface area contributed by atoms with Crippen molar-refractivity contribution in [2.45, 2.75) is 25.8 Å². The topological polar surface area (TPSA) is 58.1 Å². The molecule has 1 unspecified atom stereocenters. The number of carbonyl (C=O) groups is 1. The number of aryl methyl sites for hydroxylation is 1. The van der Waals surface area contributed by atoms with Crippen LogP contribution >= 0.6 is 0 Å². The predicted octanol–water partition coefficient (Wildman–Crippen LogP) is 0.821. The van der Waals surface area contributed by atoms with Crippen LogP contribution in [0.3, 0.4) is 0 Å². The van der Waals surface area contributed by atoms with E-state index in [2.05, 4.69) is 15.3 Å². The number of nitrogens with zero attached hydrogens (tertiary/aromatic N) is 3.